The fourth-order valence-electron chi connectivity index (χ4n) is 2.09. The van der Waals surface area contributed by atoms with E-state index in [0.29, 0.717) is 0 Å². The summed E-state index contributed by atoms with van der Waals surface area (Å²) in [5.74, 6) is 1.77. The Kier molecular flexibility index (Phi) is 2.77. The number of hydrogen-bond acceptors (Lipinski definition) is 2. The number of para-hydroxylation sites is 1. The third-order valence-electron chi connectivity index (χ3n) is 3.05. The molecule has 0 bridgehead atoms. The number of methoxy groups -OCH3 is 1. The quantitative estimate of drug-likeness (QED) is 0.791. The van der Waals surface area contributed by atoms with Gasteiger partial charge in [-0.1, -0.05) is 36.4 Å². The molecular weight excluding hydrogens is 224 g/mol. The molecule has 2 nitrogen and oxygen atoms in total. The van der Waals surface area contributed by atoms with E-state index < -0.39 is 0 Å². The predicted octanol–water partition coefficient (Wildman–Crippen LogP) is 3.84. The standard InChI is InChI=1S/C16H14O2/c1-17-14-7-4-6-13(11-14)16-10-9-12-5-2-3-8-15(12)18-16/h2-11,16H,1H3/t16-/m0/s1. The van der Waals surface area contributed by atoms with Gasteiger partial charge in [0, 0.05) is 5.56 Å². The van der Waals surface area contributed by atoms with Crippen LogP contribution in [0.1, 0.15) is 17.2 Å². The topological polar surface area (TPSA) is 18.5 Å². The van der Waals surface area contributed by atoms with E-state index >= 15 is 0 Å². The predicted molar refractivity (Wildman–Crippen MR) is 71.8 cm³/mol. The first-order valence-electron chi connectivity index (χ1n) is 5.94. The largest absolute Gasteiger partial charge is 0.497 e. The van der Waals surface area contributed by atoms with Crippen LogP contribution >= 0.6 is 0 Å². The van der Waals surface area contributed by atoms with Crippen molar-refractivity contribution < 1.29 is 9.47 Å². The number of benzene rings is 2. The van der Waals surface area contributed by atoms with E-state index in [9.17, 15) is 0 Å². The summed E-state index contributed by atoms with van der Waals surface area (Å²) >= 11 is 0. The molecule has 1 atom stereocenters. The van der Waals surface area contributed by atoms with E-state index in [-0.39, 0.29) is 6.10 Å². The molecule has 90 valence electrons. The Morgan fingerprint density at radius 3 is 2.83 bits per heavy atom. The van der Waals surface area contributed by atoms with Gasteiger partial charge in [-0.15, -0.1) is 0 Å². The van der Waals surface area contributed by atoms with Gasteiger partial charge in [0.2, 0.25) is 0 Å². The molecule has 0 N–H and O–H groups in total. The van der Waals surface area contributed by atoms with E-state index in [1.807, 2.05) is 48.5 Å². The number of ether oxygens (including phenoxy) is 2. The monoisotopic (exact) mass is 238 g/mol. The molecular formula is C16H14O2. The molecule has 2 heteroatoms. The number of fused-ring (bicyclic) bond motifs is 1. The SMILES string of the molecule is COc1cccc([C@@H]2C=Cc3ccccc3O2)c1. The minimum absolute atomic E-state index is 0.0463. The van der Waals surface area contributed by atoms with Gasteiger partial charge in [0.1, 0.15) is 17.6 Å². The van der Waals surface area contributed by atoms with Crippen molar-refractivity contribution in [3.05, 3.63) is 65.7 Å². The average molecular weight is 238 g/mol. The Labute approximate surface area is 106 Å². The maximum absolute atomic E-state index is 5.98. The average Bonchev–Trinajstić information content (AvgIpc) is 2.47. The summed E-state index contributed by atoms with van der Waals surface area (Å²) < 4.78 is 11.2. The van der Waals surface area contributed by atoms with Gasteiger partial charge in [-0.3, -0.25) is 0 Å². The highest BCUT2D eigenvalue weighted by atomic mass is 16.5. The van der Waals surface area contributed by atoms with E-state index in [4.69, 9.17) is 9.47 Å². The maximum atomic E-state index is 5.98. The van der Waals surface area contributed by atoms with Crippen LogP contribution in [-0.2, 0) is 0 Å². The lowest BCUT2D eigenvalue weighted by atomic mass is 10.0. The van der Waals surface area contributed by atoms with Crippen molar-refractivity contribution in [2.24, 2.45) is 0 Å². The Bertz CT molecular complexity index is 587. The molecule has 1 aliphatic rings. The van der Waals surface area contributed by atoms with Gasteiger partial charge >= 0.3 is 0 Å². The second-order valence-corrected chi connectivity index (χ2v) is 4.21. The first-order valence-corrected chi connectivity index (χ1v) is 5.94. The molecule has 2 aromatic carbocycles. The van der Waals surface area contributed by atoms with Gasteiger partial charge in [0.15, 0.2) is 0 Å². The van der Waals surface area contributed by atoms with Crippen LogP contribution in [0.4, 0.5) is 0 Å². The van der Waals surface area contributed by atoms with Gasteiger partial charge in [-0.2, -0.15) is 0 Å². The van der Waals surface area contributed by atoms with Crippen LogP contribution in [0.25, 0.3) is 6.08 Å². The zero-order chi connectivity index (χ0) is 12.4. The summed E-state index contributed by atoms with van der Waals surface area (Å²) in [4.78, 5) is 0. The lowest BCUT2D eigenvalue weighted by Gasteiger charge is -2.22. The van der Waals surface area contributed by atoms with E-state index in [1.54, 1.807) is 7.11 Å². The van der Waals surface area contributed by atoms with Crippen molar-refractivity contribution in [3.8, 4) is 11.5 Å². The smallest absolute Gasteiger partial charge is 0.142 e. The highest BCUT2D eigenvalue weighted by Crippen LogP contribution is 2.33. The van der Waals surface area contributed by atoms with Crippen LogP contribution in [0.5, 0.6) is 11.5 Å². The minimum Gasteiger partial charge on any atom is -0.497 e. The molecule has 0 saturated carbocycles. The van der Waals surface area contributed by atoms with E-state index in [1.165, 1.54) is 0 Å². The van der Waals surface area contributed by atoms with Crippen LogP contribution in [0.15, 0.2) is 54.6 Å². The van der Waals surface area contributed by atoms with Gasteiger partial charge in [-0.25, -0.2) is 0 Å². The fraction of sp³-hybridized carbons (Fsp3) is 0.125. The molecule has 0 radical (unpaired) electrons. The van der Waals surface area contributed by atoms with Crippen LogP contribution < -0.4 is 9.47 Å². The van der Waals surface area contributed by atoms with Crippen molar-refractivity contribution >= 4 is 6.08 Å². The van der Waals surface area contributed by atoms with Crippen molar-refractivity contribution in [2.45, 2.75) is 6.10 Å². The van der Waals surface area contributed by atoms with E-state index in [0.717, 1.165) is 22.6 Å². The van der Waals surface area contributed by atoms with Crippen molar-refractivity contribution in [2.75, 3.05) is 7.11 Å². The minimum atomic E-state index is -0.0463. The molecule has 3 rings (SSSR count). The second kappa shape index (κ2) is 4.57. The molecule has 0 aliphatic carbocycles. The Morgan fingerprint density at radius 1 is 1.06 bits per heavy atom. The molecule has 0 unspecified atom stereocenters. The molecule has 0 saturated heterocycles. The number of hydrogen-bond donors (Lipinski definition) is 0. The summed E-state index contributed by atoms with van der Waals surface area (Å²) in [6.45, 7) is 0. The first-order chi connectivity index (χ1) is 8.86. The summed E-state index contributed by atoms with van der Waals surface area (Å²) in [6.07, 6.45) is 4.12. The van der Waals surface area contributed by atoms with Crippen LogP contribution in [0.3, 0.4) is 0 Å². The summed E-state index contributed by atoms with van der Waals surface area (Å²) in [7, 11) is 1.67. The van der Waals surface area contributed by atoms with Gasteiger partial charge in [-0.05, 0) is 29.8 Å². The Morgan fingerprint density at radius 2 is 1.94 bits per heavy atom. The molecule has 0 aromatic heterocycles. The normalized spacial score (nSPS) is 16.8. The van der Waals surface area contributed by atoms with Crippen LogP contribution in [0, 0.1) is 0 Å². The molecule has 1 aliphatic heterocycles. The maximum Gasteiger partial charge on any atom is 0.142 e. The fourth-order valence-corrected chi connectivity index (χ4v) is 2.09. The highest BCUT2D eigenvalue weighted by Gasteiger charge is 2.16. The van der Waals surface area contributed by atoms with Crippen molar-refractivity contribution in [1.82, 2.24) is 0 Å². The molecule has 0 fully saturated rings. The zero-order valence-corrected chi connectivity index (χ0v) is 10.2. The molecule has 18 heavy (non-hydrogen) atoms. The number of rotatable bonds is 2. The van der Waals surface area contributed by atoms with Crippen LogP contribution in [-0.4, -0.2) is 7.11 Å². The zero-order valence-electron chi connectivity index (χ0n) is 10.2. The van der Waals surface area contributed by atoms with E-state index in [2.05, 4.69) is 12.2 Å². The second-order valence-electron chi connectivity index (χ2n) is 4.21. The Hall–Kier alpha value is -2.22. The van der Waals surface area contributed by atoms with Crippen molar-refractivity contribution in [3.63, 3.8) is 0 Å². The van der Waals surface area contributed by atoms with Crippen LogP contribution in [0.2, 0.25) is 0 Å². The highest BCUT2D eigenvalue weighted by molar-refractivity contribution is 5.60. The first kappa shape index (κ1) is 10.9. The molecule has 2 aromatic rings. The third kappa shape index (κ3) is 1.97. The summed E-state index contributed by atoms with van der Waals surface area (Å²) in [5, 5.41) is 0. The van der Waals surface area contributed by atoms with Gasteiger partial charge < -0.3 is 9.47 Å². The van der Waals surface area contributed by atoms with Crippen molar-refractivity contribution in [1.29, 1.82) is 0 Å². The lowest BCUT2D eigenvalue weighted by Crippen LogP contribution is -2.08. The van der Waals surface area contributed by atoms with Gasteiger partial charge in [0.05, 0.1) is 7.11 Å². The molecule has 0 amide bonds. The summed E-state index contributed by atoms with van der Waals surface area (Å²) in [5.41, 5.74) is 2.22. The summed E-state index contributed by atoms with van der Waals surface area (Å²) in [6, 6.07) is 16.0. The Balaban J connectivity index is 1.92. The lowest BCUT2D eigenvalue weighted by molar-refractivity contribution is 0.251. The van der Waals surface area contributed by atoms with Gasteiger partial charge in [0.25, 0.3) is 0 Å². The molecule has 0 spiro atoms. The third-order valence-corrected chi connectivity index (χ3v) is 3.05. The molecule has 1 heterocycles.